The highest BCUT2D eigenvalue weighted by Gasteiger charge is 2.27. The standard InChI is InChI=1S/C30H43N7O4/c1-6-24-26(21-11-7-12-21)35-29(27(34-24)28(31)39)33-22-13-8-14-23(19-22)41-18-10-16-32-30(40)20(2)37(5)25(38)15-9-17-36(3)4/h8-9,13-15,19-21H,6-7,10-12,16-18H2,1-5H3,(H2,31,39)(H,32,40)(H,33,35)/b15-9+/t20-/m0/s1. The van der Waals surface area contributed by atoms with Gasteiger partial charge in [0.15, 0.2) is 11.5 Å². The number of anilines is 2. The predicted octanol–water partition coefficient (Wildman–Crippen LogP) is 3.00. The molecule has 1 aromatic carbocycles. The number of carbonyl (C=O) groups excluding carboxylic acids is 3. The molecule has 11 nitrogen and oxygen atoms in total. The van der Waals surface area contributed by atoms with Crippen LogP contribution in [0.25, 0.3) is 0 Å². The molecule has 41 heavy (non-hydrogen) atoms. The fourth-order valence-electron chi connectivity index (χ4n) is 4.28. The van der Waals surface area contributed by atoms with Gasteiger partial charge in [-0.3, -0.25) is 14.4 Å². The number of hydrogen-bond donors (Lipinski definition) is 3. The average molecular weight is 566 g/mol. The minimum Gasteiger partial charge on any atom is -0.493 e. The monoisotopic (exact) mass is 565 g/mol. The van der Waals surface area contributed by atoms with E-state index in [1.54, 1.807) is 20.0 Å². The Morgan fingerprint density at radius 1 is 1.20 bits per heavy atom. The molecule has 0 unspecified atom stereocenters. The maximum absolute atomic E-state index is 12.5. The first-order chi connectivity index (χ1) is 19.6. The smallest absolute Gasteiger partial charge is 0.271 e. The summed E-state index contributed by atoms with van der Waals surface area (Å²) in [6.07, 6.45) is 7.83. The summed E-state index contributed by atoms with van der Waals surface area (Å²) < 4.78 is 5.88. The van der Waals surface area contributed by atoms with Gasteiger partial charge in [-0.25, -0.2) is 9.97 Å². The van der Waals surface area contributed by atoms with Crippen molar-refractivity contribution < 1.29 is 19.1 Å². The number of nitrogens with two attached hydrogens (primary N) is 1. The molecule has 1 aliphatic rings. The first kappa shape index (κ1) is 31.5. The van der Waals surface area contributed by atoms with Crippen molar-refractivity contribution in [3.05, 3.63) is 53.5 Å². The van der Waals surface area contributed by atoms with Crippen molar-refractivity contribution in [2.75, 3.05) is 46.2 Å². The maximum Gasteiger partial charge on any atom is 0.271 e. The Kier molecular flexibility index (Phi) is 11.6. The third-order valence-corrected chi connectivity index (χ3v) is 7.08. The molecule has 3 amide bonds. The van der Waals surface area contributed by atoms with E-state index in [0.29, 0.717) is 55.7 Å². The Morgan fingerprint density at radius 3 is 2.59 bits per heavy atom. The van der Waals surface area contributed by atoms with Crippen LogP contribution in [0.15, 0.2) is 36.4 Å². The zero-order chi connectivity index (χ0) is 29.9. The van der Waals surface area contributed by atoms with Crippen LogP contribution in [0.2, 0.25) is 0 Å². The van der Waals surface area contributed by atoms with Gasteiger partial charge >= 0.3 is 0 Å². The summed E-state index contributed by atoms with van der Waals surface area (Å²) in [5.41, 5.74) is 8.20. The normalized spacial score (nSPS) is 14.0. The van der Waals surface area contributed by atoms with Crippen molar-refractivity contribution in [3.63, 3.8) is 0 Å². The lowest BCUT2D eigenvalue weighted by atomic mass is 9.81. The van der Waals surface area contributed by atoms with Crippen molar-refractivity contribution in [3.8, 4) is 5.75 Å². The number of carbonyl (C=O) groups is 3. The van der Waals surface area contributed by atoms with E-state index < -0.39 is 11.9 Å². The van der Waals surface area contributed by atoms with Crippen molar-refractivity contribution in [2.45, 2.75) is 57.9 Å². The van der Waals surface area contributed by atoms with E-state index in [9.17, 15) is 14.4 Å². The van der Waals surface area contributed by atoms with E-state index in [4.69, 9.17) is 15.5 Å². The second-order valence-electron chi connectivity index (χ2n) is 10.5. The van der Waals surface area contributed by atoms with E-state index in [0.717, 1.165) is 24.2 Å². The first-order valence-corrected chi connectivity index (χ1v) is 14.2. The maximum atomic E-state index is 12.5. The van der Waals surface area contributed by atoms with Gasteiger partial charge in [-0.2, -0.15) is 0 Å². The fourth-order valence-corrected chi connectivity index (χ4v) is 4.28. The van der Waals surface area contributed by atoms with E-state index >= 15 is 0 Å². The zero-order valence-electron chi connectivity index (χ0n) is 24.8. The summed E-state index contributed by atoms with van der Waals surface area (Å²) in [4.78, 5) is 49.6. The first-order valence-electron chi connectivity index (χ1n) is 14.2. The molecule has 222 valence electrons. The van der Waals surface area contributed by atoms with Crippen molar-refractivity contribution >= 4 is 29.2 Å². The molecule has 1 fully saturated rings. The quantitative estimate of drug-likeness (QED) is 0.221. The molecule has 0 saturated heterocycles. The summed E-state index contributed by atoms with van der Waals surface area (Å²) in [5, 5.41) is 6.06. The summed E-state index contributed by atoms with van der Waals surface area (Å²) in [7, 11) is 5.44. The average Bonchev–Trinajstić information content (AvgIpc) is 2.91. The Bertz CT molecular complexity index is 1240. The molecule has 0 bridgehead atoms. The molecule has 0 spiro atoms. The molecule has 1 aromatic heterocycles. The number of hydrogen-bond acceptors (Lipinski definition) is 8. The van der Waals surface area contributed by atoms with E-state index in [-0.39, 0.29) is 17.5 Å². The van der Waals surface area contributed by atoms with Crippen LogP contribution in [0.4, 0.5) is 11.5 Å². The van der Waals surface area contributed by atoms with Crippen LogP contribution in [0, 0.1) is 0 Å². The lowest BCUT2D eigenvalue weighted by molar-refractivity contribution is -0.135. The summed E-state index contributed by atoms with van der Waals surface area (Å²) in [5.74, 6) is 0.263. The molecule has 1 heterocycles. The van der Waals surface area contributed by atoms with Crippen LogP contribution >= 0.6 is 0 Å². The fraction of sp³-hybridized carbons (Fsp3) is 0.500. The highest BCUT2D eigenvalue weighted by molar-refractivity contribution is 5.96. The number of rotatable bonds is 15. The number of benzene rings is 1. The number of nitrogens with zero attached hydrogens (tertiary/aromatic N) is 4. The number of amides is 3. The van der Waals surface area contributed by atoms with Crippen LogP contribution < -0.4 is 21.1 Å². The summed E-state index contributed by atoms with van der Waals surface area (Å²) >= 11 is 0. The molecule has 3 rings (SSSR count). The lowest BCUT2D eigenvalue weighted by Crippen LogP contribution is -2.45. The Balaban J connectivity index is 1.51. The van der Waals surface area contributed by atoms with Crippen LogP contribution in [0.1, 0.15) is 67.3 Å². The predicted molar refractivity (Wildman–Crippen MR) is 159 cm³/mol. The highest BCUT2D eigenvalue weighted by Crippen LogP contribution is 2.38. The molecule has 11 heteroatoms. The van der Waals surface area contributed by atoms with Gasteiger partial charge in [0.1, 0.15) is 11.8 Å². The van der Waals surface area contributed by atoms with Gasteiger partial charge < -0.3 is 30.9 Å². The number of likely N-dealkylation sites (N-methyl/N-ethyl adjacent to an activating group) is 2. The van der Waals surface area contributed by atoms with E-state index in [1.807, 2.05) is 50.2 Å². The van der Waals surface area contributed by atoms with E-state index in [2.05, 4.69) is 15.6 Å². The van der Waals surface area contributed by atoms with Crippen LogP contribution in [0.5, 0.6) is 5.75 Å². The van der Waals surface area contributed by atoms with Gasteiger partial charge in [0, 0.05) is 43.9 Å². The third-order valence-electron chi connectivity index (χ3n) is 7.08. The molecular weight excluding hydrogens is 522 g/mol. The molecule has 1 atom stereocenters. The number of ether oxygens (including phenoxy) is 1. The second kappa shape index (κ2) is 15.1. The minimum atomic E-state index is -0.630. The number of aryl methyl sites for hydroxylation is 1. The molecule has 0 radical (unpaired) electrons. The Hall–Kier alpha value is -3.99. The van der Waals surface area contributed by atoms with Gasteiger partial charge in [-0.1, -0.05) is 25.5 Å². The number of primary amides is 1. The van der Waals surface area contributed by atoms with Gasteiger partial charge in [0.05, 0.1) is 18.0 Å². The summed E-state index contributed by atoms with van der Waals surface area (Å²) in [6, 6.07) is 6.74. The van der Waals surface area contributed by atoms with Gasteiger partial charge in [-0.15, -0.1) is 0 Å². The Morgan fingerprint density at radius 2 is 1.95 bits per heavy atom. The van der Waals surface area contributed by atoms with Gasteiger partial charge in [0.2, 0.25) is 11.8 Å². The molecule has 2 aromatic rings. The van der Waals surface area contributed by atoms with Gasteiger partial charge in [0.25, 0.3) is 5.91 Å². The topological polar surface area (TPSA) is 143 Å². The molecule has 0 aliphatic heterocycles. The second-order valence-corrected chi connectivity index (χ2v) is 10.5. The lowest BCUT2D eigenvalue weighted by Gasteiger charge is -2.27. The van der Waals surface area contributed by atoms with E-state index in [1.165, 1.54) is 17.4 Å². The minimum absolute atomic E-state index is 0.123. The summed E-state index contributed by atoms with van der Waals surface area (Å²) in [6.45, 7) is 5.13. The highest BCUT2D eigenvalue weighted by atomic mass is 16.5. The number of aromatic nitrogens is 2. The number of nitrogens with one attached hydrogen (secondary N) is 2. The Labute approximate surface area is 242 Å². The van der Waals surface area contributed by atoms with Crippen molar-refractivity contribution in [1.29, 1.82) is 0 Å². The molecular formula is C30H43N7O4. The van der Waals surface area contributed by atoms with Gasteiger partial charge in [-0.05, 0) is 58.8 Å². The van der Waals surface area contributed by atoms with Crippen LogP contribution in [0.3, 0.4) is 0 Å². The molecule has 1 saturated carbocycles. The largest absolute Gasteiger partial charge is 0.493 e. The van der Waals surface area contributed by atoms with Crippen molar-refractivity contribution in [1.82, 2.24) is 25.1 Å². The SMILES string of the molecule is CCc1nc(C(N)=O)c(Nc2cccc(OCCCNC(=O)[C@H](C)N(C)C(=O)/C=C/CN(C)C)c2)nc1C1CCC1. The third kappa shape index (κ3) is 9.01. The molecule has 4 N–H and O–H groups in total. The zero-order valence-corrected chi connectivity index (χ0v) is 24.8. The van der Waals surface area contributed by atoms with Crippen LogP contribution in [-0.2, 0) is 16.0 Å². The van der Waals surface area contributed by atoms with Crippen LogP contribution in [-0.4, -0.2) is 84.4 Å². The molecule has 1 aliphatic carbocycles. The van der Waals surface area contributed by atoms with Crippen molar-refractivity contribution in [2.24, 2.45) is 5.73 Å².